The number of rotatable bonds is 2. The van der Waals surface area contributed by atoms with Gasteiger partial charge in [-0.05, 0) is 66.5 Å². The molecule has 0 spiro atoms. The van der Waals surface area contributed by atoms with Gasteiger partial charge in [-0.3, -0.25) is 0 Å². The van der Waals surface area contributed by atoms with Crippen LogP contribution in [0.15, 0.2) is 24.3 Å². The van der Waals surface area contributed by atoms with Crippen LogP contribution >= 0.6 is 22.6 Å². The minimum atomic E-state index is 0.450. The smallest absolute Gasteiger partial charge is 0.120 e. The number of hydrogen-bond acceptors (Lipinski definition) is 1. The summed E-state index contributed by atoms with van der Waals surface area (Å²) >= 11 is 2.33. The molecule has 0 aromatic heterocycles. The van der Waals surface area contributed by atoms with E-state index >= 15 is 0 Å². The van der Waals surface area contributed by atoms with Crippen molar-refractivity contribution in [1.29, 1.82) is 0 Å². The normalized spacial score (nSPS) is 18.5. The van der Waals surface area contributed by atoms with Gasteiger partial charge in [-0.2, -0.15) is 0 Å². The number of halogens is 1. The summed E-state index contributed by atoms with van der Waals surface area (Å²) in [6, 6.07) is 8.34. The molecule has 0 atom stereocenters. The third kappa shape index (κ3) is 3.67. The predicted octanol–water partition coefficient (Wildman–Crippen LogP) is 4.39. The molecular weight excluding hydrogens is 299 g/mol. The van der Waals surface area contributed by atoms with Crippen LogP contribution in [-0.2, 0) is 0 Å². The lowest BCUT2D eigenvalue weighted by molar-refractivity contribution is 0.183. The van der Waals surface area contributed by atoms with Crippen molar-refractivity contribution in [1.82, 2.24) is 0 Å². The van der Waals surface area contributed by atoms with Gasteiger partial charge in [0.2, 0.25) is 0 Å². The zero-order chi connectivity index (χ0) is 10.5. The van der Waals surface area contributed by atoms with Crippen molar-refractivity contribution in [3.63, 3.8) is 0 Å². The first-order chi connectivity index (χ1) is 7.34. The summed E-state index contributed by atoms with van der Waals surface area (Å²) in [7, 11) is 0. The molecule has 1 fully saturated rings. The molecule has 0 saturated heterocycles. The lowest BCUT2D eigenvalue weighted by atomic mass is 10.1. The lowest BCUT2D eigenvalue weighted by Crippen LogP contribution is -2.14. The van der Waals surface area contributed by atoms with E-state index in [1.54, 1.807) is 0 Å². The summed E-state index contributed by atoms with van der Waals surface area (Å²) in [4.78, 5) is 0. The molecule has 1 aromatic rings. The van der Waals surface area contributed by atoms with Crippen molar-refractivity contribution in [3.8, 4) is 5.75 Å². The maximum Gasteiger partial charge on any atom is 0.120 e. The predicted molar refractivity (Wildman–Crippen MR) is 71.3 cm³/mol. The van der Waals surface area contributed by atoms with E-state index in [9.17, 15) is 0 Å². The first-order valence-corrected chi connectivity index (χ1v) is 6.85. The zero-order valence-corrected chi connectivity index (χ0v) is 11.1. The number of hydrogen-bond donors (Lipinski definition) is 0. The van der Waals surface area contributed by atoms with Gasteiger partial charge in [0.05, 0.1) is 6.10 Å². The minimum Gasteiger partial charge on any atom is -0.490 e. The van der Waals surface area contributed by atoms with Crippen molar-refractivity contribution in [3.05, 3.63) is 27.8 Å². The Morgan fingerprint density at radius 3 is 2.47 bits per heavy atom. The van der Waals surface area contributed by atoms with Crippen molar-refractivity contribution >= 4 is 22.6 Å². The highest BCUT2D eigenvalue weighted by Gasteiger charge is 2.13. The average Bonchev–Trinajstić information content (AvgIpc) is 2.46. The van der Waals surface area contributed by atoms with Gasteiger partial charge in [0.15, 0.2) is 0 Å². The van der Waals surface area contributed by atoms with Crippen LogP contribution < -0.4 is 4.74 Å². The molecule has 15 heavy (non-hydrogen) atoms. The molecule has 0 radical (unpaired) electrons. The Kier molecular flexibility index (Phi) is 4.29. The van der Waals surface area contributed by atoms with Gasteiger partial charge < -0.3 is 4.74 Å². The molecule has 2 rings (SSSR count). The molecule has 0 aliphatic heterocycles. The quantitative estimate of drug-likeness (QED) is 0.581. The van der Waals surface area contributed by atoms with E-state index in [4.69, 9.17) is 4.74 Å². The van der Waals surface area contributed by atoms with Gasteiger partial charge in [-0.1, -0.05) is 18.9 Å². The summed E-state index contributed by atoms with van der Waals surface area (Å²) in [6.07, 6.45) is 8.32. The first-order valence-electron chi connectivity index (χ1n) is 5.77. The fraction of sp³-hybridized carbons (Fsp3) is 0.538. The van der Waals surface area contributed by atoms with E-state index in [0.717, 1.165) is 5.75 Å². The highest BCUT2D eigenvalue weighted by molar-refractivity contribution is 14.1. The second-order valence-corrected chi connectivity index (χ2v) is 5.43. The standard InChI is InChI=1S/C13H17IO/c14-11-6-5-9-13(10-11)15-12-7-3-1-2-4-8-12/h5-6,9-10,12H,1-4,7-8H2. The number of benzene rings is 1. The van der Waals surface area contributed by atoms with E-state index in [-0.39, 0.29) is 0 Å². The highest BCUT2D eigenvalue weighted by atomic mass is 127. The van der Waals surface area contributed by atoms with Crippen molar-refractivity contribution < 1.29 is 4.74 Å². The van der Waals surface area contributed by atoms with Crippen LogP contribution in [0.1, 0.15) is 38.5 Å². The van der Waals surface area contributed by atoms with Crippen molar-refractivity contribution in [2.45, 2.75) is 44.6 Å². The van der Waals surface area contributed by atoms with E-state index in [1.807, 2.05) is 0 Å². The van der Waals surface area contributed by atoms with Crippen LogP contribution in [0.25, 0.3) is 0 Å². The first kappa shape index (κ1) is 11.2. The largest absolute Gasteiger partial charge is 0.490 e. The van der Waals surface area contributed by atoms with Gasteiger partial charge in [0.25, 0.3) is 0 Å². The Balaban J connectivity index is 1.95. The fourth-order valence-electron chi connectivity index (χ4n) is 2.09. The molecule has 0 N–H and O–H groups in total. The Hall–Kier alpha value is -0.250. The van der Waals surface area contributed by atoms with Crippen LogP contribution in [-0.4, -0.2) is 6.10 Å². The summed E-state index contributed by atoms with van der Waals surface area (Å²) in [5.41, 5.74) is 0. The monoisotopic (exact) mass is 316 g/mol. The molecule has 0 unspecified atom stereocenters. The highest BCUT2D eigenvalue weighted by Crippen LogP contribution is 2.23. The second kappa shape index (κ2) is 5.73. The molecule has 1 aromatic carbocycles. The molecule has 0 bridgehead atoms. The van der Waals surface area contributed by atoms with Gasteiger partial charge in [0.1, 0.15) is 5.75 Å². The molecule has 2 heteroatoms. The Labute approximate surface area is 105 Å². The van der Waals surface area contributed by atoms with Crippen LogP contribution in [0.5, 0.6) is 5.75 Å². The molecular formula is C13H17IO. The molecule has 1 aliphatic carbocycles. The SMILES string of the molecule is Ic1cccc(OC2CCCCCC2)c1. The molecule has 82 valence electrons. The Bertz CT molecular complexity index is 303. The van der Waals surface area contributed by atoms with Gasteiger partial charge in [-0.15, -0.1) is 0 Å². The van der Waals surface area contributed by atoms with E-state index in [1.165, 1.54) is 42.1 Å². The van der Waals surface area contributed by atoms with E-state index in [2.05, 4.69) is 46.9 Å². The van der Waals surface area contributed by atoms with Gasteiger partial charge in [-0.25, -0.2) is 0 Å². The van der Waals surface area contributed by atoms with Crippen LogP contribution in [0.4, 0.5) is 0 Å². The van der Waals surface area contributed by atoms with E-state index in [0.29, 0.717) is 6.10 Å². The molecule has 0 heterocycles. The Morgan fingerprint density at radius 1 is 1.07 bits per heavy atom. The zero-order valence-electron chi connectivity index (χ0n) is 8.92. The maximum atomic E-state index is 6.01. The third-order valence-electron chi connectivity index (χ3n) is 2.90. The third-order valence-corrected chi connectivity index (χ3v) is 3.57. The van der Waals surface area contributed by atoms with Crippen LogP contribution in [0, 0.1) is 3.57 Å². The van der Waals surface area contributed by atoms with Crippen LogP contribution in [0.3, 0.4) is 0 Å². The second-order valence-electron chi connectivity index (χ2n) is 4.19. The topological polar surface area (TPSA) is 9.23 Å². The maximum absolute atomic E-state index is 6.01. The summed E-state index contributed by atoms with van der Waals surface area (Å²) in [5, 5.41) is 0. The summed E-state index contributed by atoms with van der Waals surface area (Å²) < 4.78 is 7.26. The average molecular weight is 316 g/mol. The van der Waals surface area contributed by atoms with Crippen molar-refractivity contribution in [2.24, 2.45) is 0 Å². The lowest BCUT2D eigenvalue weighted by Gasteiger charge is -2.16. The van der Waals surface area contributed by atoms with Crippen LogP contribution in [0.2, 0.25) is 0 Å². The fourth-order valence-corrected chi connectivity index (χ4v) is 2.61. The molecule has 1 aliphatic rings. The van der Waals surface area contributed by atoms with Gasteiger partial charge in [0, 0.05) is 3.57 Å². The molecule has 0 amide bonds. The summed E-state index contributed by atoms with van der Waals surface area (Å²) in [5.74, 6) is 1.04. The van der Waals surface area contributed by atoms with Crippen molar-refractivity contribution in [2.75, 3.05) is 0 Å². The number of ether oxygens (including phenoxy) is 1. The Morgan fingerprint density at radius 2 is 1.80 bits per heavy atom. The van der Waals surface area contributed by atoms with E-state index < -0.39 is 0 Å². The van der Waals surface area contributed by atoms with Gasteiger partial charge >= 0.3 is 0 Å². The molecule has 1 saturated carbocycles. The molecule has 1 nitrogen and oxygen atoms in total. The minimum absolute atomic E-state index is 0.450. The summed E-state index contributed by atoms with van der Waals surface area (Å²) in [6.45, 7) is 0.